The van der Waals surface area contributed by atoms with Crippen LogP contribution in [0, 0.1) is 0 Å². The molecule has 0 aliphatic rings. The van der Waals surface area contributed by atoms with Gasteiger partial charge in [0.1, 0.15) is 0 Å². The Morgan fingerprint density at radius 3 is 2.71 bits per heavy atom. The van der Waals surface area contributed by atoms with E-state index in [1.165, 1.54) is 0 Å². The van der Waals surface area contributed by atoms with E-state index in [2.05, 4.69) is 35.7 Å². The molecule has 0 aliphatic heterocycles. The van der Waals surface area contributed by atoms with Crippen LogP contribution < -0.4 is 10.6 Å². The van der Waals surface area contributed by atoms with E-state index in [1.807, 2.05) is 18.7 Å². The first-order valence-corrected chi connectivity index (χ1v) is 7.66. The Balaban J connectivity index is 3.80. The highest BCUT2D eigenvalue weighted by Gasteiger charge is 2.00. The summed E-state index contributed by atoms with van der Waals surface area (Å²) < 4.78 is 5.29. The lowest BCUT2D eigenvalue weighted by molar-refractivity contribution is 0.145. The Labute approximate surface area is 110 Å². The minimum atomic E-state index is 0.564. The van der Waals surface area contributed by atoms with Gasteiger partial charge in [0.2, 0.25) is 0 Å². The maximum atomic E-state index is 5.29. The summed E-state index contributed by atoms with van der Waals surface area (Å²) in [7, 11) is 0. The van der Waals surface area contributed by atoms with Gasteiger partial charge in [0.25, 0.3) is 0 Å². The van der Waals surface area contributed by atoms with Gasteiger partial charge in [-0.3, -0.25) is 4.99 Å². The molecule has 0 aliphatic carbocycles. The second-order valence-electron chi connectivity index (χ2n) is 3.74. The molecular formula is C12H27N3OS. The number of rotatable bonds is 9. The first-order chi connectivity index (χ1) is 8.24. The number of hydrogen-bond donors (Lipinski definition) is 2. The zero-order chi connectivity index (χ0) is 12.9. The van der Waals surface area contributed by atoms with Gasteiger partial charge in [0.15, 0.2) is 5.96 Å². The number of hydrogen-bond acceptors (Lipinski definition) is 3. The lowest BCUT2D eigenvalue weighted by Crippen LogP contribution is -2.38. The van der Waals surface area contributed by atoms with Crippen molar-refractivity contribution in [1.29, 1.82) is 0 Å². The Bertz CT molecular complexity index is 200. The van der Waals surface area contributed by atoms with Crippen LogP contribution in [0.25, 0.3) is 0 Å². The molecule has 0 aromatic rings. The molecule has 0 spiro atoms. The van der Waals surface area contributed by atoms with Crippen LogP contribution in [0.15, 0.2) is 4.99 Å². The lowest BCUT2D eigenvalue weighted by Gasteiger charge is -2.12. The van der Waals surface area contributed by atoms with Crippen LogP contribution in [-0.2, 0) is 4.74 Å². The number of nitrogens with one attached hydrogen (secondary N) is 2. The zero-order valence-corrected chi connectivity index (χ0v) is 12.4. The normalized spacial score (nSPS) is 13.5. The predicted octanol–water partition coefficient (Wildman–Crippen LogP) is 1.72. The average Bonchev–Trinajstić information content (AvgIpc) is 2.35. The van der Waals surface area contributed by atoms with Crippen LogP contribution in [0.5, 0.6) is 0 Å². The van der Waals surface area contributed by atoms with Gasteiger partial charge >= 0.3 is 0 Å². The highest BCUT2D eigenvalue weighted by molar-refractivity contribution is 7.99. The number of aliphatic imine (C=N–C) groups is 1. The van der Waals surface area contributed by atoms with Crippen LogP contribution in [0.1, 0.15) is 27.2 Å². The Morgan fingerprint density at radius 2 is 2.12 bits per heavy atom. The van der Waals surface area contributed by atoms with Crippen molar-refractivity contribution in [3.8, 4) is 0 Å². The fourth-order valence-corrected chi connectivity index (χ4v) is 1.39. The minimum absolute atomic E-state index is 0.564. The van der Waals surface area contributed by atoms with Crippen molar-refractivity contribution < 1.29 is 4.74 Å². The number of ether oxygens (including phenoxy) is 1. The summed E-state index contributed by atoms with van der Waals surface area (Å²) in [6.07, 6.45) is 3.12. The Kier molecular flexibility index (Phi) is 11.8. The molecule has 0 aromatic heterocycles. The molecule has 0 saturated carbocycles. The van der Waals surface area contributed by atoms with Crippen molar-refractivity contribution in [1.82, 2.24) is 10.6 Å². The third-order valence-electron chi connectivity index (χ3n) is 2.22. The second-order valence-corrected chi connectivity index (χ2v) is 5.02. The van der Waals surface area contributed by atoms with Crippen LogP contribution >= 0.6 is 11.8 Å². The fourth-order valence-electron chi connectivity index (χ4n) is 1.16. The molecule has 0 aromatic carbocycles. The predicted molar refractivity (Wildman–Crippen MR) is 78.1 cm³/mol. The summed E-state index contributed by atoms with van der Waals surface area (Å²) in [5.41, 5.74) is 0. The fraction of sp³-hybridized carbons (Fsp3) is 0.917. The molecule has 4 nitrogen and oxygen atoms in total. The maximum absolute atomic E-state index is 5.29. The van der Waals surface area contributed by atoms with Gasteiger partial charge in [-0.1, -0.05) is 6.92 Å². The second kappa shape index (κ2) is 12.0. The molecule has 2 N–H and O–H groups in total. The van der Waals surface area contributed by atoms with E-state index in [1.54, 1.807) is 0 Å². The standard InChI is InChI=1S/C12H27N3OS/c1-5-13-12(15-10-11(3)17-4)14-8-7-9-16-6-2/h11H,5-10H2,1-4H3,(H2,13,14,15). The van der Waals surface area contributed by atoms with E-state index in [9.17, 15) is 0 Å². The summed E-state index contributed by atoms with van der Waals surface area (Å²) in [5.74, 6) is 0.907. The molecule has 1 unspecified atom stereocenters. The molecule has 1 atom stereocenters. The maximum Gasteiger partial charge on any atom is 0.191 e. The molecule has 0 heterocycles. The summed E-state index contributed by atoms with van der Waals surface area (Å²) in [5, 5.41) is 7.11. The highest BCUT2D eigenvalue weighted by atomic mass is 32.2. The number of guanidine groups is 1. The van der Waals surface area contributed by atoms with Gasteiger partial charge in [-0.25, -0.2) is 0 Å². The zero-order valence-electron chi connectivity index (χ0n) is 11.6. The van der Waals surface area contributed by atoms with E-state index in [4.69, 9.17) is 4.74 Å². The molecule has 5 heteroatoms. The van der Waals surface area contributed by atoms with Gasteiger partial charge in [0, 0.05) is 31.6 Å². The summed E-state index contributed by atoms with van der Waals surface area (Å²) in [4.78, 5) is 4.53. The van der Waals surface area contributed by atoms with Crippen molar-refractivity contribution in [3.05, 3.63) is 0 Å². The third-order valence-corrected chi connectivity index (χ3v) is 3.17. The smallest absolute Gasteiger partial charge is 0.191 e. The Morgan fingerprint density at radius 1 is 1.35 bits per heavy atom. The molecule has 0 rings (SSSR count). The molecule has 0 saturated heterocycles. The van der Waals surface area contributed by atoms with Crippen molar-refractivity contribution in [2.24, 2.45) is 4.99 Å². The molecule has 17 heavy (non-hydrogen) atoms. The van der Waals surface area contributed by atoms with Crippen molar-refractivity contribution in [2.75, 3.05) is 39.1 Å². The summed E-state index contributed by atoms with van der Waals surface area (Å²) in [6, 6.07) is 0. The van der Waals surface area contributed by atoms with Crippen molar-refractivity contribution >= 4 is 17.7 Å². The summed E-state index contributed by atoms with van der Waals surface area (Å²) in [6.45, 7) is 10.5. The quantitative estimate of drug-likeness (QED) is 0.377. The molecule has 0 amide bonds. The Hall–Kier alpha value is -0.420. The molecule has 0 bridgehead atoms. The van der Waals surface area contributed by atoms with Gasteiger partial charge < -0.3 is 15.4 Å². The third kappa shape index (κ3) is 10.5. The molecular weight excluding hydrogens is 234 g/mol. The van der Waals surface area contributed by atoms with E-state index in [-0.39, 0.29) is 0 Å². The van der Waals surface area contributed by atoms with Gasteiger partial charge in [-0.15, -0.1) is 0 Å². The average molecular weight is 261 g/mol. The monoisotopic (exact) mass is 261 g/mol. The van der Waals surface area contributed by atoms with E-state index in [0.717, 1.165) is 45.2 Å². The summed E-state index contributed by atoms with van der Waals surface area (Å²) >= 11 is 1.84. The van der Waals surface area contributed by atoms with Gasteiger partial charge in [-0.2, -0.15) is 11.8 Å². The van der Waals surface area contributed by atoms with Gasteiger partial charge in [-0.05, 0) is 26.5 Å². The van der Waals surface area contributed by atoms with Crippen LogP contribution in [0.4, 0.5) is 0 Å². The highest BCUT2D eigenvalue weighted by Crippen LogP contribution is 2.04. The number of nitrogens with zero attached hydrogens (tertiary/aromatic N) is 1. The van der Waals surface area contributed by atoms with E-state index >= 15 is 0 Å². The van der Waals surface area contributed by atoms with Gasteiger partial charge in [0.05, 0.1) is 6.54 Å². The first-order valence-electron chi connectivity index (χ1n) is 6.37. The minimum Gasteiger partial charge on any atom is -0.382 e. The van der Waals surface area contributed by atoms with Crippen molar-refractivity contribution in [2.45, 2.75) is 32.4 Å². The molecule has 102 valence electrons. The van der Waals surface area contributed by atoms with Crippen molar-refractivity contribution in [3.63, 3.8) is 0 Å². The SMILES string of the molecule is CCNC(=NCC(C)SC)NCCCOCC. The van der Waals surface area contributed by atoms with E-state index in [0.29, 0.717) is 5.25 Å². The molecule has 0 radical (unpaired) electrons. The van der Waals surface area contributed by atoms with Crippen LogP contribution in [0.2, 0.25) is 0 Å². The topological polar surface area (TPSA) is 45.7 Å². The van der Waals surface area contributed by atoms with Crippen LogP contribution in [0.3, 0.4) is 0 Å². The van der Waals surface area contributed by atoms with E-state index < -0.39 is 0 Å². The molecule has 0 fully saturated rings. The number of thioether (sulfide) groups is 1. The lowest BCUT2D eigenvalue weighted by atomic mass is 10.4. The van der Waals surface area contributed by atoms with Crippen LogP contribution in [-0.4, -0.2) is 50.3 Å². The largest absolute Gasteiger partial charge is 0.382 e. The first kappa shape index (κ1) is 16.6.